The van der Waals surface area contributed by atoms with Crippen molar-refractivity contribution in [1.29, 1.82) is 0 Å². The number of fused-ring (bicyclic) bond motifs is 1. The Morgan fingerprint density at radius 2 is 1.80 bits per heavy atom. The van der Waals surface area contributed by atoms with Crippen LogP contribution in [0.4, 0.5) is 0 Å². The van der Waals surface area contributed by atoms with E-state index in [4.69, 9.17) is 0 Å². The number of carbonyl (C=O) groups excluding carboxylic acids is 1. The highest BCUT2D eigenvalue weighted by Gasteiger charge is 2.16. The van der Waals surface area contributed by atoms with Gasteiger partial charge in [0, 0.05) is 40.8 Å². The van der Waals surface area contributed by atoms with E-state index >= 15 is 0 Å². The molecule has 0 spiro atoms. The minimum atomic E-state index is 0.0183. The fourth-order valence-electron chi connectivity index (χ4n) is 3.05. The van der Waals surface area contributed by atoms with Gasteiger partial charge in [0.2, 0.25) is 0 Å². The first-order chi connectivity index (χ1) is 12.2. The first kappa shape index (κ1) is 15.2. The molecule has 0 saturated carbocycles. The zero-order valence-electron chi connectivity index (χ0n) is 14.0. The minimum Gasteiger partial charge on any atom is -0.294 e. The second-order valence-corrected chi connectivity index (χ2v) is 5.92. The number of carbonyl (C=O) groups is 1. The third-order valence-electron chi connectivity index (χ3n) is 4.31. The molecule has 0 N–H and O–H groups in total. The average Bonchev–Trinajstić information content (AvgIpc) is 3.06. The molecular formula is C20H16N4O. The van der Waals surface area contributed by atoms with Gasteiger partial charge >= 0.3 is 0 Å². The van der Waals surface area contributed by atoms with Crippen molar-refractivity contribution in [2.24, 2.45) is 0 Å². The predicted octanol–water partition coefficient (Wildman–Crippen LogP) is 3.97. The second kappa shape index (κ2) is 5.94. The van der Waals surface area contributed by atoms with Crippen molar-refractivity contribution in [3.8, 4) is 22.4 Å². The van der Waals surface area contributed by atoms with Gasteiger partial charge in [-0.1, -0.05) is 24.3 Å². The zero-order chi connectivity index (χ0) is 17.4. The van der Waals surface area contributed by atoms with Crippen LogP contribution in [0.5, 0.6) is 0 Å². The summed E-state index contributed by atoms with van der Waals surface area (Å²) < 4.78 is 1.78. The first-order valence-corrected chi connectivity index (χ1v) is 8.01. The number of imidazole rings is 1. The Kier molecular flexibility index (Phi) is 3.61. The second-order valence-electron chi connectivity index (χ2n) is 5.92. The van der Waals surface area contributed by atoms with Crippen LogP contribution in [0, 0.1) is 6.92 Å². The Labute approximate surface area is 145 Å². The van der Waals surface area contributed by atoms with Crippen LogP contribution < -0.4 is 0 Å². The van der Waals surface area contributed by atoms with Crippen LogP contribution in [-0.2, 0) is 0 Å². The van der Waals surface area contributed by atoms with Gasteiger partial charge in [0.05, 0.1) is 11.9 Å². The van der Waals surface area contributed by atoms with E-state index in [0.29, 0.717) is 5.56 Å². The van der Waals surface area contributed by atoms with Crippen molar-refractivity contribution < 1.29 is 4.79 Å². The third kappa shape index (κ3) is 2.50. The molecule has 3 aromatic heterocycles. The maximum atomic E-state index is 12.0. The van der Waals surface area contributed by atoms with E-state index in [2.05, 4.69) is 15.1 Å². The first-order valence-electron chi connectivity index (χ1n) is 8.01. The van der Waals surface area contributed by atoms with Crippen LogP contribution in [0.25, 0.3) is 28.0 Å². The molecule has 0 unspecified atom stereocenters. The van der Waals surface area contributed by atoms with Crippen LogP contribution in [0.3, 0.4) is 0 Å². The van der Waals surface area contributed by atoms with E-state index in [0.717, 1.165) is 33.6 Å². The molecule has 5 nitrogen and oxygen atoms in total. The Hall–Kier alpha value is -3.34. The Balaban J connectivity index is 1.98. The van der Waals surface area contributed by atoms with Crippen molar-refractivity contribution in [2.45, 2.75) is 13.8 Å². The summed E-state index contributed by atoms with van der Waals surface area (Å²) in [6, 6.07) is 11.4. The quantitative estimate of drug-likeness (QED) is 0.534. The number of benzene rings is 1. The van der Waals surface area contributed by atoms with Gasteiger partial charge in [0.25, 0.3) is 0 Å². The summed E-state index contributed by atoms with van der Waals surface area (Å²) >= 11 is 0. The molecule has 0 aliphatic rings. The van der Waals surface area contributed by atoms with E-state index < -0.39 is 0 Å². The van der Waals surface area contributed by atoms with Gasteiger partial charge in [-0.05, 0) is 31.5 Å². The Morgan fingerprint density at radius 1 is 0.960 bits per heavy atom. The maximum Gasteiger partial charge on any atom is 0.162 e. The molecule has 0 fully saturated rings. The summed E-state index contributed by atoms with van der Waals surface area (Å²) in [7, 11) is 0. The summed E-state index contributed by atoms with van der Waals surface area (Å²) in [5.41, 5.74) is 6.14. The third-order valence-corrected chi connectivity index (χ3v) is 4.31. The van der Waals surface area contributed by atoms with Crippen molar-refractivity contribution in [3.05, 3.63) is 72.3 Å². The molecule has 0 radical (unpaired) electrons. The maximum absolute atomic E-state index is 12.0. The molecule has 122 valence electrons. The lowest BCUT2D eigenvalue weighted by Crippen LogP contribution is -2.00. The van der Waals surface area contributed by atoms with E-state index in [1.807, 2.05) is 49.5 Å². The summed E-state index contributed by atoms with van der Waals surface area (Å²) in [6.07, 6.45) is 7.12. The Morgan fingerprint density at radius 3 is 2.60 bits per heavy atom. The highest BCUT2D eigenvalue weighted by Crippen LogP contribution is 2.30. The van der Waals surface area contributed by atoms with Gasteiger partial charge in [0.1, 0.15) is 0 Å². The smallest absolute Gasteiger partial charge is 0.162 e. The van der Waals surface area contributed by atoms with E-state index in [9.17, 15) is 4.79 Å². The number of rotatable bonds is 3. The highest BCUT2D eigenvalue weighted by molar-refractivity contribution is 6.00. The molecule has 4 rings (SSSR count). The summed E-state index contributed by atoms with van der Waals surface area (Å²) in [4.78, 5) is 20.8. The molecule has 1 aromatic carbocycles. The summed E-state index contributed by atoms with van der Waals surface area (Å²) in [5, 5.41) is 4.46. The number of ketones is 1. The largest absolute Gasteiger partial charge is 0.294 e. The zero-order valence-corrected chi connectivity index (χ0v) is 14.0. The van der Waals surface area contributed by atoms with Gasteiger partial charge in [-0.3, -0.25) is 9.78 Å². The molecule has 0 aliphatic carbocycles. The van der Waals surface area contributed by atoms with E-state index in [-0.39, 0.29) is 5.78 Å². The van der Waals surface area contributed by atoms with Crippen LogP contribution >= 0.6 is 0 Å². The van der Waals surface area contributed by atoms with Gasteiger partial charge in [-0.25, -0.2) is 9.50 Å². The van der Waals surface area contributed by atoms with Crippen LogP contribution in [0.1, 0.15) is 22.8 Å². The van der Waals surface area contributed by atoms with Gasteiger partial charge in [-0.2, -0.15) is 5.10 Å². The molecule has 0 saturated heterocycles. The lowest BCUT2D eigenvalue weighted by Gasteiger charge is -2.08. The highest BCUT2D eigenvalue weighted by atomic mass is 16.1. The van der Waals surface area contributed by atoms with E-state index in [1.165, 1.54) is 0 Å². The number of aromatic nitrogens is 4. The predicted molar refractivity (Wildman–Crippen MR) is 96.4 cm³/mol. The number of nitrogens with zero attached hydrogens (tertiary/aromatic N) is 4. The van der Waals surface area contributed by atoms with Gasteiger partial charge in [0.15, 0.2) is 11.4 Å². The van der Waals surface area contributed by atoms with Crippen LogP contribution in [-0.4, -0.2) is 25.4 Å². The number of hydrogen-bond acceptors (Lipinski definition) is 4. The fraction of sp³-hybridized carbons (Fsp3) is 0.100. The molecule has 0 bridgehead atoms. The van der Waals surface area contributed by atoms with Crippen molar-refractivity contribution in [2.75, 3.05) is 0 Å². The van der Waals surface area contributed by atoms with E-state index in [1.54, 1.807) is 30.0 Å². The topological polar surface area (TPSA) is 60.2 Å². The lowest BCUT2D eigenvalue weighted by molar-refractivity contribution is 0.101. The Bertz CT molecular complexity index is 1100. The number of Topliss-reactive ketones (excluding diaryl/α,β-unsaturated/α-hetero) is 1. The lowest BCUT2D eigenvalue weighted by atomic mass is 10.0. The molecule has 0 amide bonds. The molecule has 0 aliphatic heterocycles. The normalized spacial score (nSPS) is 11.0. The standard InChI is InChI=1S/C20H16N4O/c1-13-7-9-21-11-18(13)17-8-10-23-24-19(12-22-20(17)24)16-6-4-3-5-15(16)14(2)25/h3-12H,1-2H3. The SMILES string of the molecule is CC(=O)c1ccccc1-c1cnc2c(-c3cnccc3C)ccnn12. The summed E-state index contributed by atoms with van der Waals surface area (Å²) in [6.45, 7) is 3.61. The number of hydrogen-bond donors (Lipinski definition) is 0. The van der Waals surface area contributed by atoms with Crippen molar-refractivity contribution in [3.63, 3.8) is 0 Å². The van der Waals surface area contributed by atoms with Gasteiger partial charge in [-0.15, -0.1) is 0 Å². The molecule has 4 aromatic rings. The molecule has 25 heavy (non-hydrogen) atoms. The van der Waals surface area contributed by atoms with Crippen molar-refractivity contribution >= 4 is 11.4 Å². The van der Waals surface area contributed by atoms with Crippen LogP contribution in [0.2, 0.25) is 0 Å². The van der Waals surface area contributed by atoms with Crippen molar-refractivity contribution in [1.82, 2.24) is 19.6 Å². The summed E-state index contributed by atoms with van der Waals surface area (Å²) in [5.74, 6) is 0.0183. The molecule has 3 heterocycles. The van der Waals surface area contributed by atoms with Crippen LogP contribution in [0.15, 0.2) is 61.2 Å². The number of aryl methyl sites for hydroxylation is 1. The molecule has 5 heteroatoms. The number of pyridine rings is 1. The molecular weight excluding hydrogens is 312 g/mol. The average molecular weight is 328 g/mol. The molecule has 0 atom stereocenters. The minimum absolute atomic E-state index is 0.0183. The monoisotopic (exact) mass is 328 g/mol. The van der Waals surface area contributed by atoms with Gasteiger partial charge < -0.3 is 0 Å². The fourth-order valence-corrected chi connectivity index (χ4v) is 3.05.